The van der Waals surface area contributed by atoms with Gasteiger partial charge in [0.05, 0.1) is 18.7 Å². The molecular weight excluding hydrogens is 243 g/mol. The molecule has 0 radical (unpaired) electrons. The Labute approximate surface area is 110 Å². The van der Waals surface area contributed by atoms with Crippen LogP contribution in [0.25, 0.3) is 0 Å². The molecule has 19 heavy (non-hydrogen) atoms. The van der Waals surface area contributed by atoms with Crippen molar-refractivity contribution < 1.29 is 9.18 Å². The molecule has 1 amide bonds. The summed E-state index contributed by atoms with van der Waals surface area (Å²) in [5, 5.41) is 0. The Hall–Kier alpha value is -2.23. The van der Waals surface area contributed by atoms with Crippen molar-refractivity contribution >= 4 is 5.91 Å². The maximum Gasteiger partial charge on any atom is 0.227 e. The minimum absolute atomic E-state index is 0.0459. The first-order valence-electron chi connectivity index (χ1n) is 6.17. The zero-order valence-electron chi connectivity index (χ0n) is 10.3. The van der Waals surface area contributed by atoms with Crippen LogP contribution in [0.3, 0.4) is 0 Å². The number of aromatic nitrogens is 1. The summed E-state index contributed by atoms with van der Waals surface area (Å²) < 4.78 is 12.8. The topological polar surface area (TPSA) is 33.2 Å². The van der Waals surface area contributed by atoms with Crippen LogP contribution in [0.15, 0.2) is 42.6 Å². The summed E-state index contributed by atoms with van der Waals surface area (Å²) in [4.78, 5) is 18.2. The Kier molecular flexibility index (Phi) is 2.99. The summed E-state index contributed by atoms with van der Waals surface area (Å²) in [7, 11) is 0. The molecule has 3 rings (SSSR count). The number of hydrogen-bond donors (Lipinski definition) is 0. The van der Waals surface area contributed by atoms with E-state index in [9.17, 15) is 9.18 Å². The fourth-order valence-corrected chi connectivity index (χ4v) is 2.26. The number of carbonyl (C=O) groups excluding carboxylic acids is 1. The summed E-state index contributed by atoms with van der Waals surface area (Å²) in [5.74, 6) is -0.237. The SMILES string of the molecule is O=C(Cc1ccc(F)cc1)N1Cc2cccnc2C1. The predicted molar refractivity (Wildman–Crippen MR) is 68.6 cm³/mol. The number of amides is 1. The summed E-state index contributed by atoms with van der Waals surface area (Å²) in [5.41, 5.74) is 2.90. The second-order valence-electron chi connectivity index (χ2n) is 4.66. The molecule has 1 aliphatic rings. The van der Waals surface area contributed by atoms with Gasteiger partial charge in [-0.15, -0.1) is 0 Å². The molecule has 1 aromatic heterocycles. The van der Waals surface area contributed by atoms with Gasteiger partial charge in [-0.05, 0) is 29.3 Å². The quantitative estimate of drug-likeness (QED) is 0.826. The predicted octanol–water partition coefficient (Wildman–Crippen LogP) is 2.31. The highest BCUT2D eigenvalue weighted by molar-refractivity contribution is 5.79. The van der Waals surface area contributed by atoms with Crippen LogP contribution < -0.4 is 0 Å². The van der Waals surface area contributed by atoms with E-state index in [1.54, 1.807) is 23.2 Å². The number of fused-ring (bicyclic) bond motifs is 1. The second kappa shape index (κ2) is 4.80. The van der Waals surface area contributed by atoms with E-state index in [0.29, 0.717) is 19.5 Å². The number of hydrogen-bond acceptors (Lipinski definition) is 2. The van der Waals surface area contributed by atoms with Crippen molar-refractivity contribution in [2.45, 2.75) is 19.5 Å². The Balaban J connectivity index is 1.68. The highest BCUT2D eigenvalue weighted by Crippen LogP contribution is 2.21. The molecule has 0 unspecified atom stereocenters. The Morgan fingerprint density at radius 1 is 1.21 bits per heavy atom. The van der Waals surface area contributed by atoms with Crippen molar-refractivity contribution in [1.82, 2.24) is 9.88 Å². The standard InChI is InChI=1S/C15H13FN2O/c16-13-5-3-11(4-6-13)8-15(19)18-9-12-2-1-7-17-14(12)10-18/h1-7H,8-10H2. The Bertz CT molecular complexity index is 585. The molecule has 3 nitrogen and oxygen atoms in total. The maximum absolute atomic E-state index is 12.8. The molecule has 2 aromatic rings. The lowest BCUT2D eigenvalue weighted by molar-refractivity contribution is -0.131. The van der Waals surface area contributed by atoms with Crippen LogP contribution >= 0.6 is 0 Å². The number of halogens is 1. The van der Waals surface area contributed by atoms with Crippen molar-refractivity contribution in [2.75, 3.05) is 0 Å². The fourth-order valence-electron chi connectivity index (χ4n) is 2.26. The van der Waals surface area contributed by atoms with Crippen LogP contribution in [0.1, 0.15) is 16.8 Å². The third-order valence-corrected chi connectivity index (χ3v) is 3.31. The molecule has 2 heterocycles. The van der Waals surface area contributed by atoms with Crippen molar-refractivity contribution in [3.05, 3.63) is 65.2 Å². The van der Waals surface area contributed by atoms with Gasteiger partial charge in [-0.2, -0.15) is 0 Å². The van der Waals surface area contributed by atoms with Crippen LogP contribution in [-0.4, -0.2) is 15.8 Å². The van der Waals surface area contributed by atoms with Crippen LogP contribution in [0.2, 0.25) is 0 Å². The molecule has 0 atom stereocenters. The van der Waals surface area contributed by atoms with Gasteiger partial charge in [-0.3, -0.25) is 9.78 Å². The van der Waals surface area contributed by atoms with Gasteiger partial charge in [-0.1, -0.05) is 18.2 Å². The molecule has 1 aliphatic heterocycles. The van der Waals surface area contributed by atoms with Crippen LogP contribution in [-0.2, 0) is 24.3 Å². The van der Waals surface area contributed by atoms with Crippen LogP contribution in [0.4, 0.5) is 4.39 Å². The van der Waals surface area contributed by atoms with Crippen molar-refractivity contribution in [2.24, 2.45) is 0 Å². The lowest BCUT2D eigenvalue weighted by atomic mass is 10.1. The molecule has 96 valence electrons. The number of pyridine rings is 1. The molecule has 0 aliphatic carbocycles. The van der Waals surface area contributed by atoms with Crippen LogP contribution in [0.5, 0.6) is 0 Å². The molecule has 0 bridgehead atoms. The first-order valence-corrected chi connectivity index (χ1v) is 6.17. The second-order valence-corrected chi connectivity index (χ2v) is 4.66. The Morgan fingerprint density at radius 2 is 2.00 bits per heavy atom. The fraction of sp³-hybridized carbons (Fsp3) is 0.200. The van der Waals surface area contributed by atoms with E-state index in [1.807, 2.05) is 12.1 Å². The molecule has 0 N–H and O–H groups in total. The van der Waals surface area contributed by atoms with Gasteiger partial charge in [0.2, 0.25) is 5.91 Å². The van der Waals surface area contributed by atoms with Gasteiger partial charge in [0.25, 0.3) is 0 Å². The van der Waals surface area contributed by atoms with Gasteiger partial charge in [-0.25, -0.2) is 4.39 Å². The third kappa shape index (κ3) is 2.47. The maximum atomic E-state index is 12.8. The highest BCUT2D eigenvalue weighted by Gasteiger charge is 2.23. The third-order valence-electron chi connectivity index (χ3n) is 3.31. The monoisotopic (exact) mass is 256 g/mol. The summed E-state index contributed by atoms with van der Waals surface area (Å²) in [6, 6.07) is 9.93. The van der Waals surface area contributed by atoms with Gasteiger partial charge < -0.3 is 4.90 Å². The zero-order chi connectivity index (χ0) is 13.2. The van der Waals surface area contributed by atoms with E-state index in [2.05, 4.69) is 4.98 Å². The van der Waals surface area contributed by atoms with Crippen molar-refractivity contribution in [3.63, 3.8) is 0 Å². The largest absolute Gasteiger partial charge is 0.332 e. The smallest absolute Gasteiger partial charge is 0.227 e. The lowest BCUT2D eigenvalue weighted by Crippen LogP contribution is -2.26. The Morgan fingerprint density at radius 3 is 2.74 bits per heavy atom. The van der Waals surface area contributed by atoms with Crippen molar-refractivity contribution in [1.29, 1.82) is 0 Å². The minimum atomic E-state index is -0.283. The highest BCUT2D eigenvalue weighted by atomic mass is 19.1. The number of nitrogens with zero attached hydrogens (tertiary/aromatic N) is 2. The van der Waals surface area contributed by atoms with E-state index in [1.165, 1.54) is 12.1 Å². The average molecular weight is 256 g/mol. The van der Waals surface area contributed by atoms with Crippen LogP contribution in [0, 0.1) is 5.82 Å². The number of carbonyl (C=O) groups is 1. The summed E-state index contributed by atoms with van der Waals surface area (Å²) >= 11 is 0. The summed E-state index contributed by atoms with van der Waals surface area (Å²) in [6.07, 6.45) is 2.04. The zero-order valence-corrected chi connectivity index (χ0v) is 10.3. The van der Waals surface area contributed by atoms with E-state index in [4.69, 9.17) is 0 Å². The van der Waals surface area contributed by atoms with Gasteiger partial charge in [0.1, 0.15) is 5.82 Å². The van der Waals surface area contributed by atoms with Gasteiger partial charge in [0, 0.05) is 12.7 Å². The molecule has 0 saturated heterocycles. The molecule has 1 aromatic carbocycles. The summed E-state index contributed by atoms with van der Waals surface area (Å²) in [6.45, 7) is 1.18. The van der Waals surface area contributed by atoms with Gasteiger partial charge >= 0.3 is 0 Å². The first kappa shape index (κ1) is 11.8. The molecule has 0 fully saturated rings. The first-order chi connectivity index (χ1) is 9.22. The lowest BCUT2D eigenvalue weighted by Gasteiger charge is -2.15. The molecular formula is C15H13FN2O. The molecule has 4 heteroatoms. The number of benzene rings is 1. The van der Waals surface area contributed by atoms with E-state index in [-0.39, 0.29) is 11.7 Å². The van der Waals surface area contributed by atoms with Gasteiger partial charge in [0.15, 0.2) is 0 Å². The average Bonchev–Trinajstić information content (AvgIpc) is 2.85. The molecule has 0 spiro atoms. The van der Waals surface area contributed by atoms with E-state index < -0.39 is 0 Å². The van der Waals surface area contributed by atoms with Crippen molar-refractivity contribution in [3.8, 4) is 0 Å². The molecule has 0 saturated carbocycles. The van der Waals surface area contributed by atoms with E-state index >= 15 is 0 Å². The van der Waals surface area contributed by atoms with E-state index in [0.717, 1.165) is 16.8 Å². The normalized spacial score (nSPS) is 13.4. The number of rotatable bonds is 2. The minimum Gasteiger partial charge on any atom is -0.332 e.